The van der Waals surface area contributed by atoms with Crippen LogP contribution in [-0.4, -0.2) is 12.8 Å². The van der Waals surface area contributed by atoms with E-state index in [2.05, 4.69) is 24.2 Å². The highest BCUT2D eigenvalue weighted by atomic mass is 16.6. The number of nitrogens with zero attached hydrogens (tertiary/aromatic N) is 1. The number of benzene rings is 1. The van der Waals surface area contributed by atoms with E-state index < -0.39 is 0 Å². The summed E-state index contributed by atoms with van der Waals surface area (Å²) in [4.78, 5) is 5.07. The predicted octanol–water partition coefficient (Wildman–Crippen LogP) is 3.03. The highest BCUT2D eigenvalue weighted by molar-refractivity contribution is 5.60. The Kier molecular flexibility index (Phi) is 5.48. The maximum Gasteiger partial charge on any atom is 0.117 e. The zero-order valence-electron chi connectivity index (χ0n) is 8.65. The minimum absolute atomic E-state index is 0.724. The third kappa shape index (κ3) is 4.65. The van der Waals surface area contributed by atoms with Crippen LogP contribution in [0.15, 0.2) is 35.5 Å². The first-order valence-electron chi connectivity index (χ1n) is 5.11. The summed E-state index contributed by atoms with van der Waals surface area (Å²) in [6.07, 6.45) is 4.87. The van der Waals surface area contributed by atoms with Gasteiger partial charge in [0.25, 0.3) is 0 Å². The predicted molar refractivity (Wildman–Crippen MR) is 59.5 cm³/mol. The summed E-state index contributed by atoms with van der Waals surface area (Å²) in [5, 5.41) is 3.88. The van der Waals surface area contributed by atoms with Crippen molar-refractivity contribution >= 4 is 6.21 Å². The molecule has 0 saturated carbocycles. The van der Waals surface area contributed by atoms with Gasteiger partial charge in [-0.1, -0.05) is 48.8 Å². The zero-order valence-corrected chi connectivity index (χ0v) is 8.65. The molecule has 2 nitrogen and oxygen atoms in total. The molecular weight excluding hydrogens is 174 g/mol. The van der Waals surface area contributed by atoms with E-state index in [1.807, 2.05) is 24.4 Å². The second kappa shape index (κ2) is 7.13. The Morgan fingerprint density at radius 3 is 2.79 bits per heavy atom. The Morgan fingerprint density at radius 1 is 1.29 bits per heavy atom. The van der Waals surface area contributed by atoms with E-state index in [4.69, 9.17) is 4.84 Å². The molecule has 14 heavy (non-hydrogen) atoms. The van der Waals surface area contributed by atoms with Crippen molar-refractivity contribution in [2.75, 3.05) is 6.61 Å². The van der Waals surface area contributed by atoms with Crippen molar-refractivity contribution in [1.29, 1.82) is 0 Å². The topological polar surface area (TPSA) is 21.6 Å². The number of hydrogen-bond acceptors (Lipinski definition) is 2. The number of rotatable bonds is 6. The summed E-state index contributed by atoms with van der Waals surface area (Å²) in [5.41, 5.74) is 1.26. The van der Waals surface area contributed by atoms with E-state index in [0.29, 0.717) is 0 Å². The van der Waals surface area contributed by atoms with E-state index in [-0.39, 0.29) is 0 Å². The third-order valence-electron chi connectivity index (χ3n) is 1.91. The Hall–Kier alpha value is -1.31. The average molecular weight is 191 g/mol. The van der Waals surface area contributed by atoms with Crippen molar-refractivity contribution in [3.63, 3.8) is 0 Å². The molecule has 76 valence electrons. The minimum Gasteiger partial charge on any atom is -0.396 e. The fourth-order valence-electron chi connectivity index (χ4n) is 1.07. The molecule has 0 aromatic heterocycles. The van der Waals surface area contributed by atoms with Crippen LogP contribution >= 0.6 is 0 Å². The van der Waals surface area contributed by atoms with Crippen LogP contribution in [0.4, 0.5) is 0 Å². The van der Waals surface area contributed by atoms with Gasteiger partial charge >= 0.3 is 0 Å². The van der Waals surface area contributed by atoms with Crippen LogP contribution in [0.2, 0.25) is 0 Å². The molecule has 0 unspecified atom stereocenters. The average Bonchev–Trinajstić information content (AvgIpc) is 2.25. The normalized spacial score (nSPS) is 10.6. The van der Waals surface area contributed by atoms with Gasteiger partial charge < -0.3 is 4.84 Å². The standard InChI is InChI=1S/C12H17NO/c1-2-3-11-14-13-10-9-12-7-5-4-6-8-12/h4-8,10H,2-3,9,11H2,1H3. The summed E-state index contributed by atoms with van der Waals surface area (Å²) in [6, 6.07) is 10.2. The highest BCUT2D eigenvalue weighted by Crippen LogP contribution is 1.97. The lowest BCUT2D eigenvalue weighted by Crippen LogP contribution is -1.89. The van der Waals surface area contributed by atoms with Gasteiger partial charge in [-0.15, -0.1) is 0 Å². The zero-order chi connectivity index (χ0) is 10.1. The van der Waals surface area contributed by atoms with Crippen molar-refractivity contribution in [2.24, 2.45) is 5.16 Å². The molecule has 0 aliphatic carbocycles. The first kappa shape index (κ1) is 10.8. The van der Waals surface area contributed by atoms with Crippen LogP contribution in [-0.2, 0) is 11.3 Å². The van der Waals surface area contributed by atoms with E-state index in [0.717, 1.165) is 25.9 Å². The molecule has 0 radical (unpaired) electrons. The van der Waals surface area contributed by atoms with Gasteiger partial charge in [0.2, 0.25) is 0 Å². The molecule has 0 aliphatic rings. The summed E-state index contributed by atoms with van der Waals surface area (Å²) >= 11 is 0. The second-order valence-corrected chi connectivity index (χ2v) is 3.16. The Labute approximate surface area is 85.6 Å². The second-order valence-electron chi connectivity index (χ2n) is 3.16. The van der Waals surface area contributed by atoms with E-state index in [1.54, 1.807) is 0 Å². The highest BCUT2D eigenvalue weighted by Gasteiger charge is 1.86. The lowest BCUT2D eigenvalue weighted by atomic mass is 10.2. The van der Waals surface area contributed by atoms with E-state index in [9.17, 15) is 0 Å². The minimum atomic E-state index is 0.724. The van der Waals surface area contributed by atoms with Crippen LogP contribution < -0.4 is 0 Å². The lowest BCUT2D eigenvalue weighted by Gasteiger charge is -1.96. The first-order valence-corrected chi connectivity index (χ1v) is 5.11. The molecule has 0 atom stereocenters. The summed E-state index contributed by atoms with van der Waals surface area (Å²) in [6.45, 7) is 2.86. The van der Waals surface area contributed by atoms with Gasteiger partial charge in [-0.05, 0) is 12.0 Å². The molecule has 0 aliphatic heterocycles. The van der Waals surface area contributed by atoms with Gasteiger partial charge in [0.05, 0.1) is 0 Å². The molecule has 1 aromatic rings. The maximum atomic E-state index is 5.07. The molecule has 0 amide bonds. The molecule has 0 N–H and O–H groups in total. The van der Waals surface area contributed by atoms with Crippen molar-refractivity contribution in [3.05, 3.63) is 35.9 Å². The van der Waals surface area contributed by atoms with Gasteiger partial charge in [0.1, 0.15) is 6.61 Å². The largest absolute Gasteiger partial charge is 0.396 e. The van der Waals surface area contributed by atoms with Crippen LogP contribution in [0.1, 0.15) is 25.3 Å². The number of unbranched alkanes of at least 4 members (excludes halogenated alkanes) is 1. The van der Waals surface area contributed by atoms with Gasteiger partial charge in [0.15, 0.2) is 0 Å². The SMILES string of the molecule is CCCCON=CCc1ccccc1. The molecular formula is C12H17NO. The molecule has 0 bridgehead atoms. The van der Waals surface area contributed by atoms with Crippen molar-refractivity contribution in [2.45, 2.75) is 26.2 Å². The van der Waals surface area contributed by atoms with Gasteiger partial charge in [-0.25, -0.2) is 0 Å². The number of hydrogen-bond donors (Lipinski definition) is 0. The molecule has 0 fully saturated rings. The molecule has 1 rings (SSSR count). The van der Waals surface area contributed by atoms with Crippen molar-refractivity contribution in [1.82, 2.24) is 0 Å². The Morgan fingerprint density at radius 2 is 2.07 bits per heavy atom. The smallest absolute Gasteiger partial charge is 0.117 e. The fraction of sp³-hybridized carbons (Fsp3) is 0.417. The first-order chi connectivity index (χ1) is 6.93. The molecule has 0 heterocycles. The maximum absolute atomic E-state index is 5.07. The van der Waals surface area contributed by atoms with Gasteiger partial charge in [0, 0.05) is 12.6 Å². The monoisotopic (exact) mass is 191 g/mol. The van der Waals surface area contributed by atoms with Crippen molar-refractivity contribution < 1.29 is 4.84 Å². The third-order valence-corrected chi connectivity index (χ3v) is 1.91. The van der Waals surface area contributed by atoms with Crippen LogP contribution in [0.3, 0.4) is 0 Å². The fourth-order valence-corrected chi connectivity index (χ4v) is 1.07. The van der Waals surface area contributed by atoms with E-state index >= 15 is 0 Å². The molecule has 0 saturated heterocycles. The molecule has 0 spiro atoms. The summed E-state index contributed by atoms with van der Waals surface area (Å²) < 4.78 is 0. The number of oxime groups is 1. The molecule has 1 aromatic carbocycles. The van der Waals surface area contributed by atoms with Gasteiger partial charge in [-0.3, -0.25) is 0 Å². The summed E-state index contributed by atoms with van der Waals surface area (Å²) in [7, 11) is 0. The van der Waals surface area contributed by atoms with E-state index in [1.165, 1.54) is 5.56 Å². The summed E-state index contributed by atoms with van der Waals surface area (Å²) in [5.74, 6) is 0. The van der Waals surface area contributed by atoms with Crippen LogP contribution in [0, 0.1) is 0 Å². The van der Waals surface area contributed by atoms with Crippen LogP contribution in [0.25, 0.3) is 0 Å². The van der Waals surface area contributed by atoms with Gasteiger partial charge in [-0.2, -0.15) is 0 Å². The Balaban J connectivity index is 2.14. The quantitative estimate of drug-likeness (QED) is 0.385. The van der Waals surface area contributed by atoms with Crippen molar-refractivity contribution in [3.8, 4) is 0 Å². The van der Waals surface area contributed by atoms with Crippen LogP contribution in [0.5, 0.6) is 0 Å². The Bertz CT molecular complexity index is 256. The lowest BCUT2D eigenvalue weighted by molar-refractivity contribution is 0.142. The molecule has 2 heteroatoms.